The van der Waals surface area contributed by atoms with Gasteiger partial charge >= 0.3 is 0 Å². The highest BCUT2D eigenvalue weighted by molar-refractivity contribution is 9.10. The number of halogens is 3. The molecular formula is C12H17BrClFN2O2. The molecule has 3 N–H and O–H groups in total. The molecule has 1 amide bonds. The van der Waals surface area contributed by atoms with Gasteiger partial charge in [-0.2, -0.15) is 0 Å². The molecule has 0 aliphatic rings. The Morgan fingerprint density at radius 3 is 2.68 bits per heavy atom. The number of rotatable bonds is 5. The number of carbonyl (C=O) groups excluding carboxylic acids is 1. The first-order valence-electron chi connectivity index (χ1n) is 5.43. The van der Waals surface area contributed by atoms with E-state index in [9.17, 15) is 9.18 Å². The third kappa shape index (κ3) is 6.22. The van der Waals surface area contributed by atoms with Crippen LogP contribution in [0.25, 0.3) is 0 Å². The number of carbonyl (C=O) groups is 1. The molecule has 0 unspecified atom stereocenters. The first-order valence-corrected chi connectivity index (χ1v) is 6.22. The van der Waals surface area contributed by atoms with E-state index >= 15 is 0 Å². The Hall–Kier alpha value is -0.850. The molecule has 0 saturated carbocycles. The number of hydrogen-bond acceptors (Lipinski definition) is 3. The van der Waals surface area contributed by atoms with E-state index < -0.39 is 11.4 Å². The number of nitrogens with two attached hydrogens (primary N) is 1. The first-order chi connectivity index (χ1) is 8.34. The highest BCUT2D eigenvalue weighted by atomic mass is 79.9. The molecule has 0 saturated heterocycles. The van der Waals surface area contributed by atoms with Gasteiger partial charge in [-0.05, 0) is 32.0 Å². The summed E-state index contributed by atoms with van der Waals surface area (Å²) >= 11 is 3.14. The molecule has 0 aliphatic carbocycles. The molecule has 0 radical (unpaired) electrons. The maximum Gasteiger partial charge on any atom is 0.258 e. The third-order valence-electron chi connectivity index (χ3n) is 2.24. The predicted molar refractivity (Wildman–Crippen MR) is 78.1 cm³/mol. The van der Waals surface area contributed by atoms with E-state index in [1.54, 1.807) is 19.9 Å². The molecular weight excluding hydrogens is 338 g/mol. The topological polar surface area (TPSA) is 64.3 Å². The molecule has 0 heterocycles. The van der Waals surface area contributed by atoms with Crippen molar-refractivity contribution in [1.82, 2.24) is 5.32 Å². The van der Waals surface area contributed by atoms with Gasteiger partial charge in [0.15, 0.2) is 18.2 Å². The van der Waals surface area contributed by atoms with Crippen molar-refractivity contribution >= 4 is 34.2 Å². The average Bonchev–Trinajstić information content (AvgIpc) is 2.27. The summed E-state index contributed by atoms with van der Waals surface area (Å²) in [5.41, 5.74) is 4.98. The van der Waals surface area contributed by atoms with E-state index in [0.717, 1.165) is 0 Å². The van der Waals surface area contributed by atoms with Crippen molar-refractivity contribution in [1.29, 1.82) is 0 Å². The van der Waals surface area contributed by atoms with Crippen molar-refractivity contribution in [3.63, 3.8) is 0 Å². The molecule has 1 rings (SSSR count). The SMILES string of the molecule is CC(C)(CN)NC(=O)COc1ccc(Br)cc1F.Cl. The highest BCUT2D eigenvalue weighted by Gasteiger charge is 2.18. The molecule has 1 aromatic rings. The van der Waals surface area contributed by atoms with Gasteiger partial charge in [-0.3, -0.25) is 4.79 Å². The van der Waals surface area contributed by atoms with Crippen LogP contribution in [0.15, 0.2) is 22.7 Å². The fourth-order valence-corrected chi connectivity index (χ4v) is 1.53. The summed E-state index contributed by atoms with van der Waals surface area (Å²) < 4.78 is 19.1. The second kappa shape index (κ2) is 7.67. The molecule has 108 valence electrons. The molecule has 0 aliphatic heterocycles. The quantitative estimate of drug-likeness (QED) is 0.851. The van der Waals surface area contributed by atoms with E-state index in [1.165, 1.54) is 12.1 Å². The summed E-state index contributed by atoms with van der Waals surface area (Å²) in [6.45, 7) is 3.66. The summed E-state index contributed by atoms with van der Waals surface area (Å²) in [7, 11) is 0. The highest BCUT2D eigenvalue weighted by Crippen LogP contribution is 2.21. The van der Waals surface area contributed by atoms with Gasteiger partial charge in [-0.15, -0.1) is 12.4 Å². The Morgan fingerprint density at radius 2 is 2.16 bits per heavy atom. The van der Waals surface area contributed by atoms with Gasteiger partial charge in [0.1, 0.15) is 0 Å². The normalized spacial score (nSPS) is 10.6. The van der Waals surface area contributed by atoms with Crippen LogP contribution in [0.4, 0.5) is 4.39 Å². The molecule has 7 heteroatoms. The lowest BCUT2D eigenvalue weighted by molar-refractivity contribution is -0.124. The zero-order valence-electron chi connectivity index (χ0n) is 10.7. The van der Waals surface area contributed by atoms with E-state index in [0.29, 0.717) is 11.0 Å². The molecule has 0 spiro atoms. The van der Waals surface area contributed by atoms with Crippen LogP contribution in [0.3, 0.4) is 0 Å². The smallest absolute Gasteiger partial charge is 0.258 e. The van der Waals surface area contributed by atoms with Crippen molar-refractivity contribution in [3.8, 4) is 5.75 Å². The molecule has 19 heavy (non-hydrogen) atoms. The number of nitrogens with one attached hydrogen (secondary N) is 1. The summed E-state index contributed by atoms with van der Waals surface area (Å²) in [5.74, 6) is -0.818. The number of hydrogen-bond donors (Lipinski definition) is 2. The Kier molecular flexibility index (Phi) is 7.33. The lowest BCUT2D eigenvalue weighted by Crippen LogP contribution is -2.50. The Labute approximate surface area is 126 Å². The summed E-state index contributed by atoms with van der Waals surface area (Å²) in [6.07, 6.45) is 0. The zero-order chi connectivity index (χ0) is 13.8. The van der Waals surface area contributed by atoms with Gasteiger partial charge in [0.25, 0.3) is 5.91 Å². The van der Waals surface area contributed by atoms with E-state index in [1.807, 2.05) is 0 Å². The van der Waals surface area contributed by atoms with Crippen LogP contribution >= 0.6 is 28.3 Å². The summed E-state index contributed by atoms with van der Waals surface area (Å²) in [6, 6.07) is 4.37. The van der Waals surface area contributed by atoms with Gasteiger partial charge < -0.3 is 15.8 Å². The minimum absolute atomic E-state index is 0. The standard InChI is InChI=1S/C12H16BrFN2O2.ClH/c1-12(2,7-15)16-11(17)6-18-10-4-3-8(13)5-9(10)14;/h3-5H,6-7,15H2,1-2H3,(H,16,17);1H. The van der Waals surface area contributed by atoms with Crippen molar-refractivity contribution in [2.75, 3.05) is 13.2 Å². The minimum Gasteiger partial charge on any atom is -0.481 e. The molecule has 0 fully saturated rings. The van der Waals surface area contributed by atoms with Gasteiger partial charge in [0.05, 0.1) is 0 Å². The fraction of sp³-hybridized carbons (Fsp3) is 0.417. The summed E-state index contributed by atoms with van der Waals surface area (Å²) in [4.78, 5) is 11.5. The van der Waals surface area contributed by atoms with E-state index in [-0.39, 0.29) is 30.7 Å². The Balaban J connectivity index is 0.00000324. The maximum atomic E-state index is 13.4. The Bertz CT molecular complexity index is 444. The van der Waals surface area contributed by atoms with Crippen molar-refractivity contribution < 1.29 is 13.9 Å². The minimum atomic E-state index is -0.518. The van der Waals surface area contributed by atoms with E-state index in [2.05, 4.69) is 21.2 Å². The first kappa shape index (κ1) is 18.1. The van der Waals surface area contributed by atoms with Gasteiger partial charge in [-0.1, -0.05) is 15.9 Å². The van der Waals surface area contributed by atoms with Gasteiger partial charge in [0.2, 0.25) is 0 Å². The number of ether oxygens (including phenoxy) is 1. The monoisotopic (exact) mass is 354 g/mol. The summed E-state index contributed by atoms with van der Waals surface area (Å²) in [5, 5.41) is 2.69. The largest absolute Gasteiger partial charge is 0.481 e. The molecule has 4 nitrogen and oxygen atoms in total. The number of amides is 1. The van der Waals surface area contributed by atoms with E-state index in [4.69, 9.17) is 10.5 Å². The van der Waals surface area contributed by atoms with Crippen LogP contribution in [0.2, 0.25) is 0 Å². The third-order valence-corrected chi connectivity index (χ3v) is 2.73. The van der Waals surface area contributed by atoms with Crippen LogP contribution in [0, 0.1) is 5.82 Å². The van der Waals surface area contributed by atoms with Crippen molar-refractivity contribution in [3.05, 3.63) is 28.5 Å². The van der Waals surface area contributed by atoms with Crippen LogP contribution in [-0.4, -0.2) is 24.6 Å². The number of benzene rings is 1. The fourth-order valence-electron chi connectivity index (χ4n) is 1.20. The van der Waals surface area contributed by atoms with Crippen LogP contribution < -0.4 is 15.8 Å². The molecule has 0 aromatic heterocycles. The van der Waals surface area contributed by atoms with Crippen LogP contribution in [0.5, 0.6) is 5.75 Å². The average molecular weight is 356 g/mol. The second-order valence-electron chi connectivity index (χ2n) is 4.50. The van der Waals surface area contributed by atoms with Crippen LogP contribution in [-0.2, 0) is 4.79 Å². The lowest BCUT2D eigenvalue weighted by atomic mass is 10.1. The van der Waals surface area contributed by atoms with Crippen molar-refractivity contribution in [2.24, 2.45) is 5.73 Å². The lowest BCUT2D eigenvalue weighted by Gasteiger charge is -2.24. The Morgan fingerprint density at radius 1 is 1.53 bits per heavy atom. The van der Waals surface area contributed by atoms with Crippen molar-refractivity contribution in [2.45, 2.75) is 19.4 Å². The van der Waals surface area contributed by atoms with Crippen LogP contribution in [0.1, 0.15) is 13.8 Å². The maximum absolute atomic E-state index is 13.4. The molecule has 0 atom stereocenters. The van der Waals surface area contributed by atoms with Gasteiger partial charge in [-0.25, -0.2) is 4.39 Å². The second-order valence-corrected chi connectivity index (χ2v) is 5.42. The molecule has 0 bridgehead atoms. The predicted octanol–water partition coefficient (Wildman–Crippen LogP) is 2.24. The molecule has 1 aromatic carbocycles. The van der Waals surface area contributed by atoms with Gasteiger partial charge in [0, 0.05) is 16.6 Å². The zero-order valence-corrected chi connectivity index (χ0v) is 13.1.